The molecule has 146 valence electrons. The Morgan fingerprint density at radius 2 is 1.30 bits per heavy atom. The molecule has 0 fully saturated rings. The average Bonchev–Trinajstić information content (AvgIpc) is 3.58. The summed E-state index contributed by atoms with van der Waals surface area (Å²) in [5.74, 6) is 0. The Hall–Kier alpha value is -3.58. The van der Waals surface area contributed by atoms with E-state index in [9.17, 15) is 0 Å². The number of aryl methyl sites for hydroxylation is 1. The molecule has 0 bridgehead atoms. The van der Waals surface area contributed by atoms with E-state index in [1.54, 1.807) is 0 Å². The molecule has 0 radical (unpaired) electrons. The van der Waals surface area contributed by atoms with Gasteiger partial charge in [-0.3, -0.25) is 0 Å². The van der Waals surface area contributed by atoms with E-state index in [1.807, 2.05) is 0 Å². The lowest BCUT2D eigenvalue weighted by Gasteiger charge is -2.20. The fraction of sp³-hybridized carbons (Fsp3) is 0.103. The van der Waals surface area contributed by atoms with Crippen molar-refractivity contribution < 1.29 is 0 Å². The van der Waals surface area contributed by atoms with Gasteiger partial charge in [-0.05, 0) is 71.0 Å². The van der Waals surface area contributed by atoms with E-state index in [4.69, 9.17) is 0 Å². The van der Waals surface area contributed by atoms with Crippen molar-refractivity contribution >= 4 is 23.5 Å². The van der Waals surface area contributed by atoms with Gasteiger partial charge in [-0.1, -0.05) is 84.4 Å². The number of benzene rings is 4. The highest BCUT2D eigenvalue weighted by Crippen LogP contribution is 2.34. The molecule has 0 aliphatic heterocycles. The van der Waals surface area contributed by atoms with Crippen LogP contribution >= 0.6 is 0 Å². The Morgan fingerprint density at radius 3 is 2.00 bits per heavy atom. The van der Waals surface area contributed by atoms with Gasteiger partial charge in [0.25, 0.3) is 0 Å². The van der Waals surface area contributed by atoms with Crippen LogP contribution in [0.15, 0.2) is 91.0 Å². The van der Waals surface area contributed by atoms with E-state index >= 15 is 0 Å². The molecular weight excluding hydrogens is 362 g/mol. The van der Waals surface area contributed by atoms with Crippen LogP contribution in [0.3, 0.4) is 0 Å². The highest BCUT2D eigenvalue weighted by Gasteiger charge is 2.16. The van der Waals surface area contributed by atoms with Crippen molar-refractivity contribution in [3.63, 3.8) is 0 Å². The molecule has 4 aromatic carbocycles. The minimum absolute atomic E-state index is 1.16. The SMILES string of the molecule is Cc1ccc(/C=C/c2ccc(N(C)c3cccc(-c4ccc5c(c4)C5)c3)cc2)cc1. The lowest BCUT2D eigenvalue weighted by molar-refractivity contribution is 1.21. The summed E-state index contributed by atoms with van der Waals surface area (Å²) in [6.07, 6.45) is 5.48. The van der Waals surface area contributed by atoms with Crippen LogP contribution in [-0.4, -0.2) is 7.05 Å². The third kappa shape index (κ3) is 3.92. The average molecular weight is 388 g/mol. The van der Waals surface area contributed by atoms with Crippen molar-refractivity contribution in [2.75, 3.05) is 11.9 Å². The van der Waals surface area contributed by atoms with Crippen LogP contribution in [0.4, 0.5) is 11.4 Å². The van der Waals surface area contributed by atoms with Crippen LogP contribution in [0.2, 0.25) is 0 Å². The highest BCUT2D eigenvalue weighted by atomic mass is 15.1. The van der Waals surface area contributed by atoms with Gasteiger partial charge in [0.15, 0.2) is 0 Å². The number of hydrogen-bond acceptors (Lipinski definition) is 1. The molecule has 0 spiro atoms. The molecule has 1 nitrogen and oxygen atoms in total. The van der Waals surface area contributed by atoms with Gasteiger partial charge in [0.05, 0.1) is 0 Å². The van der Waals surface area contributed by atoms with Gasteiger partial charge in [0.2, 0.25) is 0 Å². The standard InChI is InChI=1S/C29H25N/c1-21-6-8-22(9-7-21)10-11-23-12-16-28(17-13-23)30(2)29-5-3-4-24(20-29)25-14-15-26-19-27(26)18-25/h3-18,20H,19H2,1-2H3/b11-10+. The molecule has 5 rings (SSSR count). The molecule has 0 saturated carbocycles. The second kappa shape index (κ2) is 7.68. The Morgan fingerprint density at radius 1 is 0.633 bits per heavy atom. The molecule has 1 aliphatic rings. The van der Waals surface area contributed by atoms with Crippen molar-refractivity contribution in [1.82, 2.24) is 0 Å². The zero-order valence-electron chi connectivity index (χ0n) is 17.5. The highest BCUT2D eigenvalue weighted by molar-refractivity contribution is 5.75. The predicted molar refractivity (Wildman–Crippen MR) is 129 cm³/mol. The largest absolute Gasteiger partial charge is 0.345 e. The van der Waals surface area contributed by atoms with Crippen LogP contribution in [0, 0.1) is 6.92 Å². The molecule has 0 amide bonds. The van der Waals surface area contributed by atoms with Crippen LogP contribution < -0.4 is 4.90 Å². The van der Waals surface area contributed by atoms with E-state index in [2.05, 4.69) is 122 Å². The van der Waals surface area contributed by atoms with Crippen LogP contribution in [-0.2, 0) is 6.42 Å². The minimum atomic E-state index is 1.16. The summed E-state index contributed by atoms with van der Waals surface area (Å²) in [5.41, 5.74) is 11.6. The Labute approximate surface area is 178 Å². The number of hydrogen-bond donors (Lipinski definition) is 0. The molecule has 30 heavy (non-hydrogen) atoms. The maximum atomic E-state index is 2.32. The Bertz CT molecular complexity index is 1210. The van der Waals surface area contributed by atoms with Crippen LogP contribution in [0.25, 0.3) is 23.3 Å². The molecule has 0 heterocycles. The summed E-state index contributed by atoms with van der Waals surface area (Å²) in [4.78, 5) is 2.24. The number of anilines is 2. The molecule has 0 unspecified atom stereocenters. The second-order valence-electron chi connectivity index (χ2n) is 8.11. The second-order valence-corrected chi connectivity index (χ2v) is 8.11. The first-order valence-corrected chi connectivity index (χ1v) is 10.5. The van der Waals surface area contributed by atoms with Gasteiger partial charge in [0, 0.05) is 18.4 Å². The molecule has 1 aliphatic carbocycles. The summed E-state index contributed by atoms with van der Waals surface area (Å²) in [5, 5.41) is 0. The van der Waals surface area contributed by atoms with Crippen LogP contribution in [0.1, 0.15) is 27.8 Å². The maximum Gasteiger partial charge on any atom is 0.0414 e. The third-order valence-electron chi connectivity index (χ3n) is 5.85. The molecule has 1 heteroatoms. The lowest BCUT2D eigenvalue weighted by atomic mass is 10.0. The predicted octanol–water partition coefficient (Wildman–Crippen LogP) is 7.50. The van der Waals surface area contributed by atoms with E-state index in [1.165, 1.54) is 50.3 Å². The van der Waals surface area contributed by atoms with Crippen molar-refractivity contribution in [2.24, 2.45) is 0 Å². The first-order chi connectivity index (χ1) is 14.7. The van der Waals surface area contributed by atoms with Crippen molar-refractivity contribution in [3.8, 4) is 11.1 Å². The fourth-order valence-electron chi connectivity index (χ4n) is 3.80. The smallest absolute Gasteiger partial charge is 0.0414 e. The van der Waals surface area contributed by atoms with E-state index in [0.717, 1.165) is 6.42 Å². The summed E-state index contributed by atoms with van der Waals surface area (Å²) >= 11 is 0. The maximum absolute atomic E-state index is 2.32. The fourth-order valence-corrected chi connectivity index (χ4v) is 3.80. The summed E-state index contributed by atoms with van der Waals surface area (Å²) < 4.78 is 0. The van der Waals surface area contributed by atoms with Crippen molar-refractivity contribution in [2.45, 2.75) is 13.3 Å². The van der Waals surface area contributed by atoms with Gasteiger partial charge >= 0.3 is 0 Å². The molecule has 4 aromatic rings. The molecular formula is C29H25N. The lowest BCUT2D eigenvalue weighted by Crippen LogP contribution is -2.09. The molecule has 0 saturated heterocycles. The summed E-state index contributed by atoms with van der Waals surface area (Å²) in [6.45, 7) is 2.11. The minimum Gasteiger partial charge on any atom is -0.345 e. The third-order valence-corrected chi connectivity index (χ3v) is 5.85. The van der Waals surface area contributed by atoms with E-state index in [0.29, 0.717) is 0 Å². The zero-order valence-corrected chi connectivity index (χ0v) is 17.5. The number of rotatable bonds is 5. The van der Waals surface area contributed by atoms with Gasteiger partial charge in [-0.2, -0.15) is 0 Å². The number of nitrogens with zero attached hydrogens (tertiary/aromatic N) is 1. The van der Waals surface area contributed by atoms with E-state index < -0.39 is 0 Å². The first kappa shape index (κ1) is 18.4. The van der Waals surface area contributed by atoms with Gasteiger partial charge < -0.3 is 4.90 Å². The van der Waals surface area contributed by atoms with Crippen LogP contribution in [0.5, 0.6) is 0 Å². The topological polar surface area (TPSA) is 3.24 Å². The van der Waals surface area contributed by atoms with Crippen molar-refractivity contribution in [3.05, 3.63) is 119 Å². The molecule has 0 atom stereocenters. The van der Waals surface area contributed by atoms with Gasteiger partial charge in [-0.25, -0.2) is 0 Å². The first-order valence-electron chi connectivity index (χ1n) is 10.5. The summed E-state index contributed by atoms with van der Waals surface area (Å²) in [7, 11) is 2.13. The van der Waals surface area contributed by atoms with Gasteiger partial charge in [-0.15, -0.1) is 0 Å². The number of fused-ring (bicyclic) bond motifs is 1. The molecule has 0 N–H and O–H groups in total. The van der Waals surface area contributed by atoms with E-state index in [-0.39, 0.29) is 0 Å². The quantitative estimate of drug-likeness (QED) is 0.282. The van der Waals surface area contributed by atoms with Crippen molar-refractivity contribution in [1.29, 1.82) is 0 Å². The molecule has 0 aromatic heterocycles. The zero-order chi connectivity index (χ0) is 20.5. The van der Waals surface area contributed by atoms with Gasteiger partial charge in [0.1, 0.15) is 0 Å². The Kier molecular flexibility index (Phi) is 4.72. The Balaban J connectivity index is 1.33. The summed E-state index contributed by atoms with van der Waals surface area (Å²) in [6, 6.07) is 32.9. The monoisotopic (exact) mass is 387 g/mol. The normalized spacial score (nSPS) is 12.1.